The maximum absolute atomic E-state index is 10.9. The van der Waals surface area contributed by atoms with Gasteiger partial charge in [-0.2, -0.15) is 0 Å². The number of carboxylic acids is 2. The van der Waals surface area contributed by atoms with E-state index in [1.165, 1.54) is 6.07 Å². The molecule has 0 saturated carbocycles. The molecule has 19 heavy (non-hydrogen) atoms. The SMILES string of the molecule is O=C(O)Cc1ccc(-c2cccc(C(=O)O)c2)cc1. The number of carbonyl (C=O) groups is 2. The molecule has 0 spiro atoms. The van der Waals surface area contributed by atoms with Gasteiger partial charge >= 0.3 is 11.9 Å². The summed E-state index contributed by atoms with van der Waals surface area (Å²) in [6.45, 7) is 0. The summed E-state index contributed by atoms with van der Waals surface area (Å²) >= 11 is 0. The smallest absolute Gasteiger partial charge is 0.335 e. The lowest BCUT2D eigenvalue weighted by Crippen LogP contribution is -1.99. The molecule has 2 aromatic carbocycles. The zero-order chi connectivity index (χ0) is 13.8. The Morgan fingerprint density at radius 2 is 1.58 bits per heavy atom. The van der Waals surface area contributed by atoms with Crippen molar-refractivity contribution in [3.8, 4) is 11.1 Å². The summed E-state index contributed by atoms with van der Waals surface area (Å²) in [7, 11) is 0. The highest BCUT2D eigenvalue weighted by molar-refractivity contribution is 5.89. The van der Waals surface area contributed by atoms with Gasteiger partial charge in [0.2, 0.25) is 0 Å². The number of benzene rings is 2. The zero-order valence-electron chi connectivity index (χ0n) is 10.0. The van der Waals surface area contributed by atoms with E-state index in [4.69, 9.17) is 10.2 Å². The lowest BCUT2D eigenvalue weighted by atomic mass is 10.0. The van der Waals surface area contributed by atoms with Crippen molar-refractivity contribution < 1.29 is 19.8 Å². The molecule has 0 saturated heterocycles. The van der Waals surface area contributed by atoms with E-state index in [-0.39, 0.29) is 12.0 Å². The molecule has 4 heteroatoms. The summed E-state index contributed by atoms with van der Waals surface area (Å²) in [4.78, 5) is 21.5. The van der Waals surface area contributed by atoms with Crippen LogP contribution in [0.5, 0.6) is 0 Å². The van der Waals surface area contributed by atoms with Crippen molar-refractivity contribution in [2.24, 2.45) is 0 Å². The molecule has 0 aromatic heterocycles. The summed E-state index contributed by atoms with van der Waals surface area (Å²) in [5.41, 5.74) is 2.59. The Hall–Kier alpha value is -2.62. The van der Waals surface area contributed by atoms with Gasteiger partial charge < -0.3 is 10.2 Å². The topological polar surface area (TPSA) is 74.6 Å². The molecular formula is C15H12O4. The number of carboxylic acid groups (broad SMARTS) is 2. The van der Waals surface area contributed by atoms with E-state index in [2.05, 4.69) is 0 Å². The van der Waals surface area contributed by atoms with E-state index in [1.807, 2.05) is 6.07 Å². The molecule has 0 radical (unpaired) electrons. The minimum Gasteiger partial charge on any atom is -0.481 e. The van der Waals surface area contributed by atoms with Crippen LogP contribution in [0.15, 0.2) is 48.5 Å². The van der Waals surface area contributed by atoms with E-state index in [1.54, 1.807) is 36.4 Å². The van der Waals surface area contributed by atoms with Crippen LogP contribution in [0.4, 0.5) is 0 Å². The standard InChI is InChI=1S/C15H12O4/c16-14(17)8-10-4-6-11(7-5-10)12-2-1-3-13(9-12)15(18)19/h1-7,9H,8H2,(H,16,17)(H,18,19). The van der Waals surface area contributed by atoms with Crippen LogP contribution in [0.25, 0.3) is 11.1 Å². The van der Waals surface area contributed by atoms with Gasteiger partial charge in [0.1, 0.15) is 0 Å². The molecule has 96 valence electrons. The average Bonchev–Trinajstić information content (AvgIpc) is 2.39. The van der Waals surface area contributed by atoms with Gasteiger partial charge in [-0.3, -0.25) is 4.79 Å². The fraction of sp³-hybridized carbons (Fsp3) is 0.0667. The molecule has 0 amide bonds. The fourth-order valence-electron chi connectivity index (χ4n) is 1.82. The van der Waals surface area contributed by atoms with Crippen molar-refractivity contribution in [3.05, 3.63) is 59.7 Å². The van der Waals surface area contributed by atoms with Crippen molar-refractivity contribution in [2.75, 3.05) is 0 Å². The van der Waals surface area contributed by atoms with Gasteiger partial charge in [0.25, 0.3) is 0 Å². The van der Waals surface area contributed by atoms with Gasteiger partial charge in [0.05, 0.1) is 12.0 Å². The molecule has 0 aliphatic heterocycles. The third-order valence-electron chi connectivity index (χ3n) is 2.75. The zero-order valence-corrected chi connectivity index (χ0v) is 10.0. The van der Waals surface area contributed by atoms with E-state index < -0.39 is 11.9 Å². The Morgan fingerprint density at radius 1 is 0.895 bits per heavy atom. The van der Waals surface area contributed by atoms with Gasteiger partial charge in [-0.25, -0.2) is 4.79 Å². The summed E-state index contributed by atoms with van der Waals surface area (Å²) in [6.07, 6.45) is -0.0184. The monoisotopic (exact) mass is 256 g/mol. The van der Waals surface area contributed by atoms with Crippen LogP contribution >= 0.6 is 0 Å². The van der Waals surface area contributed by atoms with Crippen LogP contribution in [0, 0.1) is 0 Å². The van der Waals surface area contributed by atoms with Crippen molar-refractivity contribution >= 4 is 11.9 Å². The van der Waals surface area contributed by atoms with E-state index in [0.29, 0.717) is 5.56 Å². The predicted octanol–water partition coefficient (Wildman–Crippen LogP) is 2.68. The van der Waals surface area contributed by atoms with Crippen molar-refractivity contribution in [1.29, 1.82) is 0 Å². The second-order valence-corrected chi connectivity index (χ2v) is 4.15. The van der Waals surface area contributed by atoms with Crippen molar-refractivity contribution in [1.82, 2.24) is 0 Å². The van der Waals surface area contributed by atoms with Crippen LogP contribution < -0.4 is 0 Å². The second kappa shape index (κ2) is 5.35. The summed E-state index contributed by atoms with van der Waals surface area (Å²) in [5.74, 6) is -1.84. The highest BCUT2D eigenvalue weighted by atomic mass is 16.4. The largest absolute Gasteiger partial charge is 0.481 e. The lowest BCUT2D eigenvalue weighted by molar-refractivity contribution is -0.136. The van der Waals surface area contributed by atoms with E-state index in [9.17, 15) is 9.59 Å². The maximum atomic E-state index is 10.9. The molecule has 0 atom stereocenters. The van der Waals surface area contributed by atoms with Gasteiger partial charge in [-0.1, -0.05) is 36.4 Å². The van der Waals surface area contributed by atoms with Crippen molar-refractivity contribution in [3.63, 3.8) is 0 Å². The molecular weight excluding hydrogens is 244 g/mol. The third-order valence-corrected chi connectivity index (χ3v) is 2.75. The van der Waals surface area contributed by atoms with Crippen LogP contribution in [0.3, 0.4) is 0 Å². The molecule has 0 aliphatic carbocycles. The quantitative estimate of drug-likeness (QED) is 0.881. The molecule has 0 fully saturated rings. The molecule has 2 aromatic rings. The van der Waals surface area contributed by atoms with Crippen LogP contribution in [0.1, 0.15) is 15.9 Å². The van der Waals surface area contributed by atoms with Gasteiger partial charge in [-0.05, 0) is 28.8 Å². The molecule has 0 unspecified atom stereocenters. The maximum Gasteiger partial charge on any atom is 0.335 e. The second-order valence-electron chi connectivity index (χ2n) is 4.15. The first-order valence-electron chi connectivity index (χ1n) is 5.71. The van der Waals surface area contributed by atoms with Crippen LogP contribution in [-0.2, 0) is 11.2 Å². The Kier molecular flexibility index (Phi) is 3.61. The van der Waals surface area contributed by atoms with E-state index >= 15 is 0 Å². The Morgan fingerprint density at radius 3 is 2.16 bits per heavy atom. The molecule has 2 N–H and O–H groups in total. The number of aromatic carboxylic acids is 1. The van der Waals surface area contributed by atoms with E-state index in [0.717, 1.165) is 11.1 Å². The highest BCUT2D eigenvalue weighted by Gasteiger charge is 2.05. The van der Waals surface area contributed by atoms with Crippen LogP contribution in [0.2, 0.25) is 0 Å². The summed E-state index contributed by atoms with van der Waals surface area (Å²) in [6, 6.07) is 13.7. The fourth-order valence-corrected chi connectivity index (χ4v) is 1.82. The highest BCUT2D eigenvalue weighted by Crippen LogP contribution is 2.21. The molecule has 0 bridgehead atoms. The summed E-state index contributed by atoms with van der Waals surface area (Å²) < 4.78 is 0. The minimum atomic E-state index is -0.968. The number of aliphatic carboxylic acids is 1. The third kappa shape index (κ3) is 3.19. The Bertz CT molecular complexity index is 614. The van der Waals surface area contributed by atoms with Gasteiger partial charge in [0.15, 0.2) is 0 Å². The molecule has 4 nitrogen and oxygen atoms in total. The molecule has 2 rings (SSSR count). The first kappa shape index (κ1) is 12.8. The van der Waals surface area contributed by atoms with Crippen LogP contribution in [-0.4, -0.2) is 22.2 Å². The minimum absolute atomic E-state index is 0.0184. The number of rotatable bonds is 4. The Balaban J connectivity index is 2.29. The lowest BCUT2D eigenvalue weighted by Gasteiger charge is -2.04. The Labute approximate surface area is 109 Å². The molecule has 0 heterocycles. The number of hydrogen-bond donors (Lipinski definition) is 2. The average molecular weight is 256 g/mol. The normalized spacial score (nSPS) is 10.1. The van der Waals surface area contributed by atoms with Gasteiger partial charge in [0, 0.05) is 0 Å². The number of hydrogen-bond acceptors (Lipinski definition) is 2. The first-order chi connectivity index (χ1) is 9.06. The van der Waals surface area contributed by atoms with Gasteiger partial charge in [-0.15, -0.1) is 0 Å². The predicted molar refractivity (Wildman–Crippen MR) is 70.2 cm³/mol. The summed E-state index contributed by atoms with van der Waals surface area (Å²) in [5, 5.41) is 17.6. The van der Waals surface area contributed by atoms with Crippen molar-refractivity contribution in [2.45, 2.75) is 6.42 Å². The molecule has 0 aliphatic rings. The first-order valence-corrected chi connectivity index (χ1v) is 5.71.